The molecule has 1 aliphatic rings. The SMILES string of the molecule is Cc1ccsc1C(N)CNC1CC1. The van der Waals surface area contributed by atoms with Crippen LogP contribution in [0.4, 0.5) is 0 Å². The minimum Gasteiger partial charge on any atom is -0.322 e. The van der Waals surface area contributed by atoms with Crippen molar-refractivity contribution in [2.75, 3.05) is 6.54 Å². The molecule has 0 aromatic carbocycles. The largest absolute Gasteiger partial charge is 0.322 e. The van der Waals surface area contributed by atoms with E-state index in [1.54, 1.807) is 11.3 Å². The Kier molecular flexibility index (Phi) is 2.67. The Hall–Kier alpha value is -0.380. The predicted octanol–water partition coefficient (Wildman–Crippen LogP) is 1.81. The van der Waals surface area contributed by atoms with E-state index in [1.165, 1.54) is 23.3 Å². The van der Waals surface area contributed by atoms with Gasteiger partial charge in [-0.25, -0.2) is 0 Å². The van der Waals surface area contributed by atoms with Gasteiger partial charge in [0.25, 0.3) is 0 Å². The third-order valence-corrected chi connectivity index (χ3v) is 3.59. The molecule has 3 N–H and O–H groups in total. The maximum atomic E-state index is 6.06. The summed E-state index contributed by atoms with van der Waals surface area (Å²) >= 11 is 1.76. The molecule has 0 radical (unpaired) electrons. The average Bonchev–Trinajstić information content (AvgIpc) is 2.84. The van der Waals surface area contributed by atoms with Crippen molar-refractivity contribution in [3.8, 4) is 0 Å². The van der Waals surface area contributed by atoms with Crippen molar-refractivity contribution >= 4 is 11.3 Å². The van der Waals surface area contributed by atoms with Crippen LogP contribution in [0.5, 0.6) is 0 Å². The molecule has 0 aliphatic heterocycles. The van der Waals surface area contributed by atoms with Gasteiger partial charge >= 0.3 is 0 Å². The van der Waals surface area contributed by atoms with E-state index in [2.05, 4.69) is 23.7 Å². The van der Waals surface area contributed by atoms with Gasteiger partial charge in [0.1, 0.15) is 0 Å². The highest BCUT2D eigenvalue weighted by Gasteiger charge is 2.21. The summed E-state index contributed by atoms with van der Waals surface area (Å²) in [6, 6.07) is 3.07. The Labute approximate surface area is 83.1 Å². The van der Waals surface area contributed by atoms with Crippen LogP contribution in [-0.2, 0) is 0 Å². The minimum absolute atomic E-state index is 0.181. The first-order chi connectivity index (χ1) is 6.27. The van der Waals surface area contributed by atoms with Crippen LogP contribution in [-0.4, -0.2) is 12.6 Å². The van der Waals surface area contributed by atoms with Crippen LogP contribution >= 0.6 is 11.3 Å². The van der Waals surface area contributed by atoms with E-state index in [0.29, 0.717) is 0 Å². The topological polar surface area (TPSA) is 38.0 Å². The number of rotatable bonds is 4. The molecule has 0 amide bonds. The van der Waals surface area contributed by atoms with E-state index in [0.717, 1.165) is 12.6 Å². The molecule has 2 nitrogen and oxygen atoms in total. The Morgan fingerprint density at radius 3 is 3.00 bits per heavy atom. The molecule has 0 bridgehead atoms. The summed E-state index contributed by atoms with van der Waals surface area (Å²) in [5.74, 6) is 0. The van der Waals surface area contributed by atoms with Gasteiger partial charge in [0.05, 0.1) is 6.04 Å². The number of thiophene rings is 1. The first kappa shape index (κ1) is 9.19. The molecule has 1 aromatic rings. The lowest BCUT2D eigenvalue weighted by Crippen LogP contribution is -2.28. The molecule has 13 heavy (non-hydrogen) atoms. The number of hydrogen-bond donors (Lipinski definition) is 2. The van der Waals surface area contributed by atoms with E-state index in [1.807, 2.05) is 0 Å². The quantitative estimate of drug-likeness (QED) is 0.770. The molecule has 2 rings (SSSR count). The van der Waals surface area contributed by atoms with Crippen LogP contribution < -0.4 is 11.1 Å². The smallest absolute Gasteiger partial charge is 0.0519 e. The van der Waals surface area contributed by atoms with Crippen LogP contribution in [0.1, 0.15) is 29.3 Å². The zero-order chi connectivity index (χ0) is 9.26. The summed E-state index contributed by atoms with van der Waals surface area (Å²) in [7, 11) is 0. The summed E-state index contributed by atoms with van der Waals surface area (Å²) < 4.78 is 0. The Bertz CT molecular complexity index is 278. The number of aryl methyl sites for hydroxylation is 1. The van der Waals surface area contributed by atoms with Gasteiger partial charge in [0.15, 0.2) is 0 Å². The molecule has 1 aromatic heterocycles. The van der Waals surface area contributed by atoms with E-state index >= 15 is 0 Å². The highest BCUT2D eigenvalue weighted by Crippen LogP contribution is 2.23. The number of nitrogens with one attached hydrogen (secondary N) is 1. The van der Waals surface area contributed by atoms with Gasteiger partial charge in [0.2, 0.25) is 0 Å². The van der Waals surface area contributed by atoms with Gasteiger partial charge in [-0.15, -0.1) is 11.3 Å². The van der Waals surface area contributed by atoms with Gasteiger partial charge in [-0.1, -0.05) is 0 Å². The van der Waals surface area contributed by atoms with Crippen molar-refractivity contribution in [3.05, 3.63) is 21.9 Å². The van der Waals surface area contributed by atoms with E-state index in [9.17, 15) is 0 Å². The van der Waals surface area contributed by atoms with Gasteiger partial charge < -0.3 is 11.1 Å². The first-order valence-electron chi connectivity index (χ1n) is 4.80. The molecule has 1 atom stereocenters. The summed E-state index contributed by atoms with van der Waals surface area (Å²) in [5.41, 5.74) is 7.39. The Balaban J connectivity index is 1.88. The van der Waals surface area contributed by atoms with Crippen LogP contribution in [0.15, 0.2) is 11.4 Å². The minimum atomic E-state index is 0.181. The molecule has 1 aliphatic carbocycles. The third kappa shape index (κ3) is 2.30. The van der Waals surface area contributed by atoms with Gasteiger partial charge in [-0.2, -0.15) is 0 Å². The fourth-order valence-corrected chi connectivity index (χ4v) is 2.37. The zero-order valence-electron chi connectivity index (χ0n) is 7.92. The standard InChI is InChI=1S/C10H16N2S/c1-7-4-5-13-10(7)9(11)6-12-8-2-3-8/h4-5,8-9,12H,2-3,6,11H2,1H3. The van der Waals surface area contributed by atoms with Crippen LogP contribution in [0.3, 0.4) is 0 Å². The molecule has 0 spiro atoms. The fourth-order valence-electron chi connectivity index (χ4n) is 1.44. The van der Waals surface area contributed by atoms with Crippen LogP contribution in [0.25, 0.3) is 0 Å². The molecular formula is C10H16N2S. The molecular weight excluding hydrogens is 180 g/mol. The highest BCUT2D eigenvalue weighted by atomic mass is 32.1. The summed E-state index contributed by atoms with van der Waals surface area (Å²) in [5, 5.41) is 5.57. The second-order valence-electron chi connectivity index (χ2n) is 3.76. The molecule has 1 heterocycles. The Morgan fingerprint density at radius 2 is 2.46 bits per heavy atom. The maximum Gasteiger partial charge on any atom is 0.0519 e. The van der Waals surface area contributed by atoms with Gasteiger partial charge in [-0.3, -0.25) is 0 Å². The van der Waals surface area contributed by atoms with Crippen LogP contribution in [0, 0.1) is 6.92 Å². The second kappa shape index (κ2) is 3.78. The molecule has 1 saturated carbocycles. The summed E-state index contributed by atoms with van der Waals surface area (Å²) in [6.07, 6.45) is 2.66. The van der Waals surface area contributed by atoms with Crippen molar-refractivity contribution in [2.24, 2.45) is 5.73 Å². The molecule has 1 unspecified atom stereocenters. The van der Waals surface area contributed by atoms with E-state index < -0.39 is 0 Å². The van der Waals surface area contributed by atoms with Gasteiger partial charge in [-0.05, 0) is 36.8 Å². The van der Waals surface area contributed by atoms with E-state index in [4.69, 9.17) is 5.73 Å². The summed E-state index contributed by atoms with van der Waals surface area (Å²) in [6.45, 7) is 3.05. The molecule has 1 fully saturated rings. The van der Waals surface area contributed by atoms with Crippen molar-refractivity contribution in [3.63, 3.8) is 0 Å². The third-order valence-electron chi connectivity index (χ3n) is 2.44. The lowest BCUT2D eigenvalue weighted by molar-refractivity contribution is 0.600. The van der Waals surface area contributed by atoms with Crippen molar-refractivity contribution in [1.82, 2.24) is 5.32 Å². The monoisotopic (exact) mass is 196 g/mol. The maximum absolute atomic E-state index is 6.06. The van der Waals surface area contributed by atoms with E-state index in [-0.39, 0.29) is 6.04 Å². The average molecular weight is 196 g/mol. The van der Waals surface area contributed by atoms with Crippen molar-refractivity contribution in [2.45, 2.75) is 31.8 Å². The predicted molar refractivity (Wildman–Crippen MR) is 57.0 cm³/mol. The lowest BCUT2D eigenvalue weighted by Gasteiger charge is -2.11. The lowest BCUT2D eigenvalue weighted by atomic mass is 10.2. The van der Waals surface area contributed by atoms with Crippen molar-refractivity contribution in [1.29, 1.82) is 0 Å². The molecule has 3 heteroatoms. The fraction of sp³-hybridized carbons (Fsp3) is 0.600. The molecule has 72 valence electrons. The van der Waals surface area contributed by atoms with Crippen LogP contribution in [0.2, 0.25) is 0 Å². The molecule has 0 saturated heterocycles. The first-order valence-corrected chi connectivity index (χ1v) is 5.68. The normalized spacial score (nSPS) is 18.9. The number of hydrogen-bond acceptors (Lipinski definition) is 3. The Morgan fingerprint density at radius 1 is 1.69 bits per heavy atom. The van der Waals surface area contributed by atoms with Crippen molar-refractivity contribution < 1.29 is 0 Å². The van der Waals surface area contributed by atoms with Gasteiger partial charge in [0, 0.05) is 17.5 Å². The number of nitrogens with two attached hydrogens (primary N) is 1. The highest BCUT2D eigenvalue weighted by molar-refractivity contribution is 7.10. The summed E-state index contributed by atoms with van der Waals surface area (Å²) in [4.78, 5) is 1.33. The zero-order valence-corrected chi connectivity index (χ0v) is 8.73. The second-order valence-corrected chi connectivity index (χ2v) is 4.70.